The molecule has 0 aromatic heterocycles. The number of hydrogen-bond donors (Lipinski definition) is 4. The SMILES string of the molecule is CCCCC[C@@H]1O[C@H]([C@H](O)/C=C\[C@@H](O)C/C=C\CCCC(=O)O)C[C@@H]1O. The van der Waals surface area contributed by atoms with Crippen LogP contribution in [0, 0.1) is 0 Å². The van der Waals surface area contributed by atoms with Gasteiger partial charge in [-0.2, -0.15) is 0 Å². The predicted octanol–water partition coefficient (Wildman–Crippen LogP) is 2.56. The summed E-state index contributed by atoms with van der Waals surface area (Å²) in [4.78, 5) is 10.4. The zero-order valence-corrected chi connectivity index (χ0v) is 15.7. The van der Waals surface area contributed by atoms with E-state index in [1.54, 1.807) is 0 Å². The molecule has 4 N–H and O–H groups in total. The predicted molar refractivity (Wildman–Crippen MR) is 99.8 cm³/mol. The largest absolute Gasteiger partial charge is 0.481 e. The molecule has 6 nitrogen and oxygen atoms in total. The molecule has 0 bridgehead atoms. The van der Waals surface area contributed by atoms with Crippen LogP contribution < -0.4 is 0 Å². The van der Waals surface area contributed by atoms with Crippen molar-refractivity contribution in [1.29, 1.82) is 0 Å². The molecule has 26 heavy (non-hydrogen) atoms. The number of carboxylic acids is 1. The zero-order chi connectivity index (χ0) is 19.4. The first kappa shape index (κ1) is 22.8. The zero-order valence-electron chi connectivity index (χ0n) is 15.7. The molecule has 0 radical (unpaired) electrons. The lowest BCUT2D eigenvalue weighted by Crippen LogP contribution is -2.25. The molecule has 0 aromatic rings. The number of allylic oxidation sites excluding steroid dienone is 1. The summed E-state index contributed by atoms with van der Waals surface area (Å²) in [5.74, 6) is -0.804. The van der Waals surface area contributed by atoms with Crippen molar-refractivity contribution in [2.75, 3.05) is 0 Å². The maximum atomic E-state index is 10.4. The van der Waals surface area contributed by atoms with E-state index < -0.39 is 30.4 Å². The lowest BCUT2D eigenvalue weighted by molar-refractivity contribution is -0.137. The van der Waals surface area contributed by atoms with Crippen LogP contribution in [0.1, 0.15) is 64.7 Å². The first-order valence-corrected chi connectivity index (χ1v) is 9.68. The van der Waals surface area contributed by atoms with Gasteiger partial charge in [-0.05, 0) is 25.7 Å². The third-order valence-corrected chi connectivity index (χ3v) is 4.56. The lowest BCUT2D eigenvalue weighted by Gasteiger charge is -2.17. The molecule has 1 aliphatic rings. The number of aliphatic hydroxyl groups is 3. The van der Waals surface area contributed by atoms with Crippen LogP contribution in [0.25, 0.3) is 0 Å². The van der Waals surface area contributed by atoms with Crippen LogP contribution in [-0.4, -0.2) is 56.9 Å². The van der Waals surface area contributed by atoms with E-state index in [0.29, 0.717) is 25.7 Å². The second-order valence-corrected chi connectivity index (χ2v) is 6.95. The summed E-state index contributed by atoms with van der Waals surface area (Å²) >= 11 is 0. The summed E-state index contributed by atoms with van der Waals surface area (Å²) in [6.45, 7) is 2.12. The van der Waals surface area contributed by atoms with Crippen LogP contribution in [0.15, 0.2) is 24.3 Å². The van der Waals surface area contributed by atoms with Gasteiger partial charge in [-0.1, -0.05) is 50.5 Å². The molecule has 0 spiro atoms. The van der Waals surface area contributed by atoms with Gasteiger partial charge in [-0.25, -0.2) is 0 Å². The number of carbonyl (C=O) groups is 1. The van der Waals surface area contributed by atoms with Gasteiger partial charge < -0.3 is 25.2 Å². The first-order chi connectivity index (χ1) is 12.4. The average Bonchev–Trinajstić information content (AvgIpc) is 2.97. The van der Waals surface area contributed by atoms with Crippen molar-refractivity contribution in [2.45, 2.75) is 95.2 Å². The molecule has 1 heterocycles. The fourth-order valence-corrected chi connectivity index (χ4v) is 3.01. The molecule has 0 aliphatic carbocycles. The second kappa shape index (κ2) is 13.0. The molecule has 1 rings (SSSR count). The number of hydrogen-bond acceptors (Lipinski definition) is 5. The standard InChI is InChI=1S/C20H34O6/c1-2-3-6-10-18-17(23)14-19(26-18)16(22)13-12-15(21)9-7-4-5-8-11-20(24)25/h4,7,12-13,15-19,21-23H,2-3,5-6,8-11,14H2,1H3,(H,24,25)/b7-4-,13-12-/t15-,16+,17-,18-,19-/m0/s1. The fraction of sp³-hybridized carbons (Fsp3) is 0.750. The molecule has 1 aliphatic heterocycles. The molecule has 0 amide bonds. The number of unbranched alkanes of at least 4 members (excludes halogenated alkanes) is 3. The summed E-state index contributed by atoms with van der Waals surface area (Å²) < 4.78 is 5.76. The Morgan fingerprint density at radius 1 is 1.19 bits per heavy atom. The van der Waals surface area contributed by atoms with Gasteiger partial charge in [-0.3, -0.25) is 4.79 Å². The lowest BCUT2D eigenvalue weighted by atomic mass is 10.0. The van der Waals surface area contributed by atoms with E-state index >= 15 is 0 Å². The Morgan fingerprint density at radius 3 is 2.65 bits per heavy atom. The van der Waals surface area contributed by atoms with Crippen LogP contribution in [0.3, 0.4) is 0 Å². The number of rotatable bonds is 13. The van der Waals surface area contributed by atoms with E-state index in [9.17, 15) is 20.1 Å². The van der Waals surface area contributed by atoms with Crippen LogP contribution >= 0.6 is 0 Å². The normalized spacial score (nSPS) is 25.9. The second-order valence-electron chi connectivity index (χ2n) is 6.95. The summed E-state index contributed by atoms with van der Waals surface area (Å²) in [7, 11) is 0. The molecule has 150 valence electrons. The molecular formula is C20H34O6. The third kappa shape index (κ3) is 9.48. The summed E-state index contributed by atoms with van der Waals surface area (Å²) in [5.41, 5.74) is 0. The third-order valence-electron chi connectivity index (χ3n) is 4.56. The van der Waals surface area contributed by atoms with Crippen molar-refractivity contribution in [3.8, 4) is 0 Å². The van der Waals surface area contributed by atoms with Gasteiger partial charge in [0.05, 0.1) is 30.5 Å². The molecule has 6 heteroatoms. The van der Waals surface area contributed by atoms with Crippen molar-refractivity contribution in [1.82, 2.24) is 0 Å². The highest BCUT2D eigenvalue weighted by atomic mass is 16.5. The minimum Gasteiger partial charge on any atom is -0.481 e. The number of aliphatic hydroxyl groups excluding tert-OH is 3. The maximum absolute atomic E-state index is 10.4. The first-order valence-electron chi connectivity index (χ1n) is 9.68. The highest BCUT2D eigenvalue weighted by Crippen LogP contribution is 2.27. The molecular weight excluding hydrogens is 336 g/mol. The summed E-state index contributed by atoms with van der Waals surface area (Å²) in [6.07, 6.45) is 10.2. The van der Waals surface area contributed by atoms with Crippen LogP contribution in [0.4, 0.5) is 0 Å². The van der Waals surface area contributed by atoms with Crippen molar-refractivity contribution >= 4 is 5.97 Å². The van der Waals surface area contributed by atoms with E-state index in [0.717, 1.165) is 25.7 Å². The summed E-state index contributed by atoms with van der Waals surface area (Å²) in [6, 6.07) is 0. The van der Waals surface area contributed by atoms with Crippen LogP contribution in [-0.2, 0) is 9.53 Å². The van der Waals surface area contributed by atoms with Gasteiger partial charge in [0.2, 0.25) is 0 Å². The van der Waals surface area contributed by atoms with Gasteiger partial charge >= 0.3 is 5.97 Å². The average molecular weight is 370 g/mol. The quantitative estimate of drug-likeness (QED) is 0.293. The maximum Gasteiger partial charge on any atom is 0.303 e. The number of carboxylic acid groups (broad SMARTS) is 1. The monoisotopic (exact) mass is 370 g/mol. The van der Waals surface area contributed by atoms with Gasteiger partial charge in [0.25, 0.3) is 0 Å². The van der Waals surface area contributed by atoms with Crippen LogP contribution in [0.5, 0.6) is 0 Å². The fourth-order valence-electron chi connectivity index (χ4n) is 3.01. The topological polar surface area (TPSA) is 107 Å². The molecule has 1 saturated heterocycles. The minimum absolute atomic E-state index is 0.145. The number of aliphatic carboxylic acids is 1. The molecule has 1 fully saturated rings. The van der Waals surface area contributed by atoms with Crippen molar-refractivity contribution in [2.24, 2.45) is 0 Å². The van der Waals surface area contributed by atoms with Crippen molar-refractivity contribution in [3.05, 3.63) is 24.3 Å². The van der Waals surface area contributed by atoms with Crippen LogP contribution in [0.2, 0.25) is 0 Å². The Kier molecular flexibility index (Phi) is 11.4. The Hall–Kier alpha value is -1.21. The highest BCUT2D eigenvalue weighted by Gasteiger charge is 2.36. The Balaban J connectivity index is 2.27. The van der Waals surface area contributed by atoms with Gasteiger partial charge in [0, 0.05) is 12.8 Å². The Bertz CT molecular complexity index is 448. The van der Waals surface area contributed by atoms with E-state index in [1.807, 2.05) is 12.2 Å². The molecule has 5 atom stereocenters. The summed E-state index contributed by atoms with van der Waals surface area (Å²) in [5, 5.41) is 38.7. The van der Waals surface area contributed by atoms with Crippen molar-refractivity contribution in [3.63, 3.8) is 0 Å². The van der Waals surface area contributed by atoms with E-state index in [1.165, 1.54) is 12.2 Å². The Labute approximate surface area is 156 Å². The van der Waals surface area contributed by atoms with E-state index in [-0.39, 0.29) is 12.5 Å². The Morgan fingerprint density at radius 2 is 1.96 bits per heavy atom. The van der Waals surface area contributed by atoms with E-state index in [2.05, 4.69) is 6.92 Å². The van der Waals surface area contributed by atoms with Gasteiger partial charge in [0.1, 0.15) is 0 Å². The minimum atomic E-state index is -0.852. The molecule has 0 saturated carbocycles. The van der Waals surface area contributed by atoms with Gasteiger partial charge in [-0.15, -0.1) is 0 Å². The molecule has 0 aromatic carbocycles. The smallest absolute Gasteiger partial charge is 0.303 e. The molecule has 0 unspecified atom stereocenters. The van der Waals surface area contributed by atoms with Crippen molar-refractivity contribution < 1.29 is 30.0 Å². The van der Waals surface area contributed by atoms with E-state index in [4.69, 9.17) is 9.84 Å². The van der Waals surface area contributed by atoms with Gasteiger partial charge in [0.15, 0.2) is 0 Å². The highest BCUT2D eigenvalue weighted by molar-refractivity contribution is 5.66. The number of ether oxygens (including phenoxy) is 1.